The normalized spacial score (nSPS) is 11.3. The molecule has 0 unspecified atom stereocenters. The van der Waals surface area contributed by atoms with Gasteiger partial charge in [-0.3, -0.25) is 0 Å². The molecule has 0 spiro atoms. The highest BCUT2D eigenvalue weighted by Gasteiger charge is 2.08. The maximum atomic E-state index is 10.5. The van der Waals surface area contributed by atoms with Crippen LogP contribution >= 0.6 is 0 Å². The van der Waals surface area contributed by atoms with Gasteiger partial charge in [0.05, 0.1) is 0 Å². The molecule has 0 aromatic heterocycles. The zero-order chi connectivity index (χ0) is 10.3. The van der Waals surface area contributed by atoms with Gasteiger partial charge in [0, 0.05) is 11.6 Å². The van der Waals surface area contributed by atoms with Gasteiger partial charge in [0.2, 0.25) is 0 Å². The van der Waals surface area contributed by atoms with E-state index in [1.54, 1.807) is 0 Å². The van der Waals surface area contributed by atoms with E-state index < -0.39 is 11.9 Å². The van der Waals surface area contributed by atoms with Gasteiger partial charge in [-0.25, -0.2) is 9.59 Å². The summed E-state index contributed by atoms with van der Waals surface area (Å²) in [6.07, 6.45) is 3.72. The second kappa shape index (κ2) is 6.22. The van der Waals surface area contributed by atoms with Crippen LogP contribution < -0.4 is 0 Å². The van der Waals surface area contributed by atoms with Crippen molar-refractivity contribution in [3.8, 4) is 0 Å². The Morgan fingerprint density at radius 2 is 1.85 bits per heavy atom. The summed E-state index contributed by atoms with van der Waals surface area (Å²) in [5.74, 6) is -2.34. The first kappa shape index (κ1) is 11.7. The zero-order valence-corrected chi connectivity index (χ0v) is 7.62. The van der Waals surface area contributed by atoms with Gasteiger partial charge in [0.15, 0.2) is 0 Å². The first-order chi connectivity index (χ1) is 6.07. The van der Waals surface area contributed by atoms with Crippen LogP contribution in [0, 0.1) is 0 Å². The van der Waals surface area contributed by atoms with E-state index in [2.05, 4.69) is 0 Å². The largest absolute Gasteiger partial charge is 0.478 e. The van der Waals surface area contributed by atoms with Crippen molar-refractivity contribution in [1.29, 1.82) is 0 Å². The number of carboxylic acid groups (broad SMARTS) is 2. The molecule has 0 amide bonds. The van der Waals surface area contributed by atoms with Crippen molar-refractivity contribution >= 4 is 11.9 Å². The minimum Gasteiger partial charge on any atom is -0.478 e. The van der Waals surface area contributed by atoms with E-state index in [0.717, 1.165) is 25.3 Å². The van der Waals surface area contributed by atoms with Crippen LogP contribution in [-0.2, 0) is 9.59 Å². The lowest BCUT2D eigenvalue weighted by Crippen LogP contribution is -2.03. The maximum absolute atomic E-state index is 10.5. The van der Waals surface area contributed by atoms with E-state index >= 15 is 0 Å². The molecule has 0 bridgehead atoms. The zero-order valence-electron chi connectivity index (χ0n) is 7.62. The number of unbranched alkanes of at least 4 members (excludes halogenated alkanes) is 2. The SMILES string of the molecule is CCCCC/C(=C\C(=O)O)C(=O)O. The lowest BCUT2D eigenvalue weighted by molar-refractivity contribution is -0.135. The topological polar surface area (TPSA) is 74.6 Å². The Balaban J connectivity index is 4.11. The second-order valence-electron chi connectivity index (χ2n) is 2.77. The van der Waals surface area contributed by atoms with Gasteiger partial charge < -0.3 is 10.2 Å². The van der Waals surface area contributed by atoms with Crippen molar-refractivity contribution in [3.05, 3.63) is 11.6 Å². The Morgan fingerprint density at radius 3 is 2.23 bits per heavy atom. The van der Waals surface area contributed by atoms with Crippen molar-refractivity contribution in [2.75, 3.05) is 0 Å². The van der Waals surface area contributed by atoms with Crippen molar-refractivity contribution in [3.63, 3.8) is 0 Å². The van der Waals surface area contributed by atoms with Crippen LogP contribution in [0.2, 0.25) is 0 Å². The molecule has 0 fully saturated rings. The van der Waals surface area contributed by atoms with Crippen molar-refractivity contribution in [2.45, 2.75) is 32.6 Å². The van der Waals surface area contributed by atoms with E-state index in [0.29, 0.717) is 6.42 Å². The predicted octanol–water partition coefficient (Wildman–Crippen LogP) is 1.66. The molecule has 0 heterocycles. The van der Waals surface area contributed by atoms with Gasteiger partial charge in [-0.05, 0) is 12.8 Å². The average molecular weight is 186 g/mol. The molecule has 0 saturated heterocycles. The van der Waals surface area contributed by atoms with E-state index in [1.807, 2.05) is 6.92 Å². The fraction of sp³-hybridized carbons (Fsp3) is 0.556. The number of carbonyl (C=O) groups is 2. The molecule has 0 rings (SSSR count). The Kier molecular flexibility index (Phi) is 5.59. The highest BCUT2D eigenvalue weighted by atomic mass is 16.4. The quantitative estimate of drug-likeness (QED) is 0.488. The van der Waals surface area contributed by atoms with E-state index in [1.165, 1.54) is 0 Å². The molecular weight excluding hydrogens is 172 g/mol. The lowest BCUT2D eigenvalue weighted by atomic mass is 10.1. The summed E-state index contributed by atoms with van der Waals surface area (Å²) in [7, 11) is 0. The molecule has 4 nitrogen and oxygen atoms in total. The number of hydrogen-bond acceptors (Lipinski definition) is 2. The summed E-state index contributed by atoms with van der Waals surface area (Å²) in [5.41, 5.74) is -0.0269. The van der Waals surface area contributed by atoms with Crippen LogP contribution in [0.5, 0.6) is 0 Å². The molecule has 0 aliphatic rings. The Morgan fingerprint density at radius 1 is 1.23 bits per heavy atom. The second-order valence-corrected chi connectivity index (χ2v) is 2.77. The smallest absolute Gasteiger partial charge is 0.331 e. The average Bonchev–Trinajstić information content (AvgIpc) is 2.02. The first-order valence-electron chi connectivity index (χ1n) is 4.24. The fourth-order valence-corrected chi connectivity index (χ4v) is 0.955. The van der Waals surface area contributed by atoms with Gasteiger partial charge in [0.25, 0.3) is 0 Å². The third-order valence-electron chi connectivity index (χ3n) is 1.62. The Labute approximate surface area is 76.9 Å². The summed E-state index contributed by atoms with van der Waals surface area (Å²) < 4.78 is 0. The molecule has 0 radical (unpaired) electrons. The highest BCUT2D eigenvalue weighted by Crippen LogP contribution is 2.08. The maximum Gasteiger partial charge on any atom is 0.331 e. The fourth-order valence-electron chi connectivity index (χ4n) is 0.955. The van der Waals surface area contributed by atoms with Gasteiger partial charge in [-0.2, -0.15) is 0 Å². The Hall–Kier alpha value is -1.32. The Bertz CT molecular complexity index is 218. The number of hydrogen-bond donors (Lipinski definition) is 2. The molecule has 4 heteroatoms. The standard InChI is InChI=1S/C9H14O4/c1-2-3-4-5-7(9(12)13)6-8(10)11/h6H,2-5H2,1H3,(H,10,11)(H,12,13)/b7-6+. The minimum atomic E-state index is -1.20. The number of carboxylic acids is 2. The van der Waals surface area contributed by atoms with Crippen LogP contribution in [0.15, 0.2) is 11.6 Å². The van der Waals surface area contributed by atoms with Crippen molar-refractivity contribution in [1.82, 2.24) is 0 Å². The first-order valence-corrected chi connectivity index (χ1v) is 4.24. The molecule has 0 aliphatic carbocycles. The van der Waals surface area contributed by atoms with Gasteiger partial charge >= 0.3 is 11.9 Å². The molecule has 0 aromatic rings. The third-order valence-corrected chi connectivity index (χ3v) is 1.62. The number of aliphatic carboxylic acids is 2. The third kappa shape index (κ3) is 5.90. The summed E-state index contributed by atoms with van der Waals surface area (Å²) in [6, 6.07) is 0. The molecule has 74 valence electrons. The molecule has 0 aromatic carbocycles. The predicted molar refractivity (Wildman–Crippen MR) is 47.5 cm³/mol. The summed E-state index contributed by atoms with van der Waals surface area (Å²) in [4.78, 5) is 20.7. The molecule has 0 saturated carbocycles. The molecular formula is C9H14O4. The van der Waals surface area contributed by atoms with Crippen LogP contribution in [0.1, 0.15) is 32.6 Å². The molecule has 2 N–H and O–H groups in total. The van der Waals surface area contributed by atoms with Crippen molar-refractivity contribution in [2.24, 2.45) is 0 Å². The van der Waals surface area contributed by atoms with Crippen LogP contribution in [0.4, 0.5) is 0 Å². The summed E-state index contributed by atoms with van der Waals surface area (Å²) in [5, 5.41) is 16.9. The summed E-state index contributed by atoms with van der Waals surface area (Å²) >= 11 is 0. The van der Waals surface area contributed by atoms with Crippen molar-refractivity contribution < 1.29 is 19.8 Å². The highest BCUT2D eigenvalue weighted by molar-refractivity contribution is 5.94. The minimum absolute atomic E-state index is 0.0269. The molecule has 0 aliphatic heterocycles. The van der Waals surface area contributed by atoms with Gasteiger partial charge in [0.1, 0.15) is 0 Å². The lowest BCUT2D eigenvalue weighted by Gasteiger charge is -1.99. The van der Waals surface area contributed by atoms with Crippen LogP contribution in [0.3, 0.4) is 0 Å². The molecule has 0 atom stereocenters. The molecule has 13 heavy (non-hydrogen) atoms. The van der Waals surface area contributed by atoms with E-state index in [-0.39, 0.29) is 5.57 Å². The van der Waals surface area contributed by atoms with Gasteiger partial charge in [-0.15, -0.1) is 0 Å². The van der Waals surface area contributed by atoms with Crippen LogP contribution in [-0.4, -0.2) is 22.2 Å². The van der Waals surface area contributed by atoms with Crippen LogP contribution in [0.25, 0.3) is 0 Å². The van der Waals surface area contributed by atoms with Gasteiger partial charge in [-0.1, -0.05) is 19.8 Å². The van der Waals surface area contributed by atoms with E-state index in [4.69, 9.17) is 10.2 Å². The number of rotatable bonds is 6. The summed E-state index contributed by atoms with van der Waals surface area (Å²) in [6.45, 7) is 2.00. The van der Waals surface area contributed by atoms with E-state index in [9.17, 15) is 9.59 Å². The monoisotopic (exact) mass is 186 g/mol.